The molecule has 0 spiro atoms. The van der Waals surface area contributed by atoms with Crippen LogP contribution in [0.3, 0.4) is 0 Å². The van der Waals surface area contributed by atoms with E-state index in [9.17, 15) is 13.2 Å². The Morgan fingerprint density at radius 2 is 2.13 bits per heavy atom. The smallest absolute Gasteiger partial charge is 0.241 e. The topological polar surface area (TPSA) is 101 Å². The normalized spacial score (nSPS) is 18.9. The lowest BCUT2D eigenvalue weighted by molar-refractivity contribution is -0.122. The fraction of sp³-hybridized carbons (Fsp3) is 0.267. The number of sulfonamides is 1. The van der Waals surface area contributed by atoms with Gasteiger partial charge in [-0.15, -0.1) is 0 Å². The highest BCUT2D eigenvalue weighted by atomic mass is 32.2. The van der Waals surface area contributed by atoms with Crippen molar-refractivity contribution in [3.8, 4) is 0 Å². The second-order valence-electron chi connectivity index (χ2n) is 5.22. The zero-order chi connectivity index (χ0) is 16.3. The monoisotopic (exact) mass is 332 g/mol. The van der Waals surface area contributed by atoms with Crippen molar-refractivity contribution in [1.29, 1.82) is 0 Å². The molecule has 0 fully saturated rings. The largest absolute Gasteiger partial charge is 0.354 e. The van der Waals surface area contributed by atoms with Crippen molar-refractivity contribution < 1.29 is 13.2 Å². The first-order valence-corrected chi connectivity index (χ1v) is 8.67. The molecule has 7 nitrogen and oxygen atoms in total. The van der Waals surface area contributed by atoms with Gasteiger partial charge in [0, 0.05) is 31.6 Å². The van der Waals surface area contributed by atoms with Gasteiger partial charge in [-0.25, -0.2) is 8.42 Å². The first-order chi connectivity index (χ1) is 11.1. The molecule has 2 heterocycles. The summed E-state index contributed by atoms with van der Waals surface area (Å²) >= 11 is 0. The van der Waals surface area contributed by atoms with E-state index >= 15 is 0 Å². The second-order valence-corrected chi connectivity index (χ2v) is 6.91. The highest BCUT2D eigenvalue weighted by molar-refractivity contribution is 7.89. The minimum Gasteiger partial charge on any atom is -0.354 e. The van der Waals surface area contributed by atoms with Gasteiger partial charge in [0.1, 0.15) is 6.04 Å². The highest BCUT2D eigenvalue weighted by Crippen LogP contribution is 2.22. The van der Waals surface area contributed by atoms with Crippen molar-refractivity contribution in [2.24, 2.45) is 0 Å². The summed E-state index contributed by atoms with van der Waals surface area (Å²) < 4.78 is 26.8. The maximum absolute atomic E-state index is 12.2. The van der Waals surface area contributed by atoms with E-state index < -0.39 is 16.1 Å². The third-order valence-electron chi connectivity index (χ3n) is 3.60. The third kappa shape index (κ3) is 3.54. The Labute approximate surface area is 134 Å². The van der Waals surface area contributed by atoms with Crippen molar-refractivity contribution in [2.45, 2.75) is 23.8 Å². The number of amides is 1. The van der Waals surface area contributed by atoms with Crippen LogP contribution in [0.4, 0.5) is 0 Å². The molecule has 8 heteroatoms. The molecule has 1 atom stereocenters. The van der Waals surface area contributed by atoms with E-state index in [2.05, 4.69) is 20.0 Å². The zero-order valence-corrected chi connectivity index (χ0v) is 13.1. The van der Waals surface area contributed by atoms with Crippen molar-refractivity contribution in [2.75, 3.05) is 6.54 Å². The quantitative estimate of drug-likeness (QED) is 0.823. The van der Waals surface area contributed by atoms with E-state index in [-0.39, 0.29) is 10.8 Å². The second kappa shape index (κ2) is 6.43. The van der Waals surface area contributed by atoms with Gasteiger partial charge in [-0.1, -0.05) is 18.2 Å². The number of hydrogen-bond acceptors (Lipinski definition) is 5. The predicted octanol–water partition coefficient (Wildman–Crippen LogP) is 0.0385. The van der Waals surface area contributed by atoms with E-state index in [0.717, 1.165) is 5.69 Å². The number of nitrogens with one attached hydrogen (secondary N) is 2. The Kier molecular flexibility index (Phi) is 4.35. The zero-order valence-electron chi connectivity index (χ0n) is 12.3. The molecule has 0 saturated heterocycles. The molecule has 1 unspecified atom stereocenters. The molecule has 23 heavy (non-hydrogen) atoms. The lowest BCUT2D eigenvalue weighted by atomic mass is 10.1. The average molecular weight is 332 g/mol. The van der Waals surface area contributed by atoms with Gasteiger partial charge in [-0.3, -0.25) is 14.8 Å². The molecule has 0 aliphatic carbocycles. The van der Waals surface area contributed by atoms with Crippen LogP contribution in [0, 0.1) is 0 Å². The fourth-order valence-electron chi connectivity index (χ4n) is 2.49. The molecule has 1 aromatic heterocycles. The minimum absolute atomic E-state index is 0.239. The maximum atomic E-state index is 12.2. The van der Waals surface area contributed by atoms with E-state index in [1.165, 1.54) is 0 Å². The van der Waals surface area contributed by atoms with Crippen molar-refractivity contribution in [3.05, 3.63) is 54.1 Å². The first-order valence-electron chi connectivity index (χ1n) is 7.19. The van der Waals surface area contributed by atoms with Gasteiger partial charge in [0.25, 0.3) is 0 Å². The van der Waals surface area contributed by atoms with Crippen molar-refractivity contribution in [3.63, 3.8) is 0 Å². The predicted molar refractivity (Wildman–Crippen MR) is 83.0 cm³/mol. The van der Waals surface area contributed by atoms with Crippen LogP contribution in [0.25, 0.3) is 0 Å². The van der Waals surface area contributed by atoms with Crippen molar-refractivity contribution in [1.82, 2.24) is 20.0 Å². The minimum atomic E-state index is -3.65. The molecule has 120 valence electrons. The molecule has 2 aromatic rings. The number of rotatable bonds is 4. The van der Waals surface area contributed by atoms with Gasteiger partial charge in [0.15, 0.2) is 0 Å². The van der Waals surface area contributed by atoms with Crippen LogP contribution < -0.4 is 10.0 Å². The summed E-state index contributed by atoms with van der Waals surface area (Å²) in [4.78, 5) is 20.5. The summed E-state index contributed by atoms with van der Waals surface area (Å²) in [7, 11) is -3.65. The van der Waals surface area contributed by atoms with E-state index in [1.54, 1.807) is 42.9 Å². The fourth-order valence-corrected chi connectivity index (χ4v) is 3.94. The van der Waals surface area contributed by atoms with Gasteiger partial charge < -0.3 is 5.32 Å². The van der Waals surface area contributed by atoms with E-state index in [0.29, 0.717) is 24.9 Å². The molecule has 0 bridgehead atoms. The van der Waals surface area contributed by atoms with Gasteiger partial charge in [0.05, 0.1) is 10.6 Å². The third-order valence-corrected chi connectivity index (χ3v) is 5.17. The summed E-state index contributed by atoms with van der Waals surface area (Å²) in [5.41, 5.74) is 1.42. The molecule has 1 aromatic carbocycles. The standard InChI is InChI=1S/C15H16N4O3S/c20-15(18-6-5-12-10-16-7-8-17-12)13-9-11-3-1-2-4-14(11)23(21,22)19-13/h1-4,7-8,10,13,19H,5-6,9H2,(H,18,20). The lowest BCUT2D eigenvalue weighted by Gasteiger charge is -2.25. The van der Waals surface area contributed by atoms with E-state index in [1.807, 2.05) is 0 Å². The molecule has 3 rings (SSSR count). The Morgan fingerprint density at radius 1 is 1.30 bits per heavy atom. The molecule has 1 aliphatic heterocycles. The van der Waals surface area contributed by atoms with Gasteiger partial charge in [0.2, 0.25) is 15.9 Å². The number of carbonyl (C=O) groups is 1. The first kappa shape index (κ1) is 15.6. The van der Waals surface area contributed by atoms with Crippen LogP contribution in [0.5, 0.6) is 0 Å². The number of aromatic nitrogens is 2. The highest BCUT2D eigenvalue weighted by Gasteiger charge is 2.32. The number of carbonyl (C=O) groups excluding carboxylic acids is 1. The Morgan fingerprint density at radius 3 is 2.91 bits per heavy atom. The molecule has 0 saturated carbocycles. The van der Waals surface area contributed by atoms with E-state index in [4.69, 9.17) is 0 Å². The number of benzene rings is 1. The van der Waals surface area contributed by atoms with Crippen LogP contribution in [-0.4, -0.2) is 36.9 Å². The molecule has 1 aliphatic rings. The number of hydrogen-bond donors (Lipinski definition) is 2. The summed E-state index contributed by atoms with van der Waals surface area (Å²) in [6.45, 7) is 0.372. The summed E-state index contributed by atoms with van der Waals surface area (Å²) in [5.74, 6) is -0.341. The maximum Gasteiger partial charge on any atom is 0.241 e. The van der Waals surface area contributed by atoms with Crippen LogP contribution in [0.2, 0.25) is 0 Å². The summed E-state index contributed by atoms with van der Waals surface area (Å²) in [6, 6.07) is 5.91. The molecule has 0 radical (unpaired) electrons. The van der Waals surface area contributed by atoms with Crippen LogP contribution in [-0.2, 0) is 27.7 Å². The molecular weight excluding hydrogens is 316 g/mol. The Hall–Kier alpha value is -2.32. The van der Waals surface area contributed by atoms with Gasteiger partial charge in [-0.2, -0.15) is 4.72 Å². The summed E-state index contributed by atoms with van der Waals surface area (Å²) in [6.07, 6.45) is 5.67. The Bertz CT molecular complexity index is 808. The van der Waals surface area contributed by atoms with Crippen LogP contribution in [0.15, 0.2) is 47.8 Å². The Balaban J connectivity index is 1.63. The van der Waals surface area contributed by atoms with Gasteiger partial charge >= 0.3 is 0 Å². The number of fused-ring (bicyclic) bond motifs is 1. The molecule has 2 N–H and O–H groups in total. The summed E-state index contributed by atoms with van der Waals surface area (Å²) in [5, 5.41) is 2.74. The lowest BCUT2D eigenvalue weighted by Crippen LogP contribution is -2.50. The van der Waals surface area contributed by atoms with Gasteiger partial charge in [-0.05, 0) is 18.1 Å². The number of nitrogens with zero attached hydrogens (tertiary/aromatic N) is 2. The van der Waals surface area contributed by atoms with Crippen LogP contribution >= 0.6 is 0 Å². The average Bonchev–Trinajstić information content (AvgIpc) is 2.55. The van der Waals surface area contributed by atoms with Crippen LogP contribution in [0.1, 0.15) is 11.3 Å². The molecule has 1 amide bonds. The SMILES string of the molecule is O=C(NCCc1cnccn1)C1Cc2ccccc2S(=O)(=O)N1. The van der Waals surface area contributed by atoms with Crippen molar-refractivity contribution >= 4 is 15.9 Å². The molecular formula is C15H16N4O3S.